The minimum atomic E-state index is -0.251. The number of carbonyl (C=O) groups is 2. The van der Waals surface area contributed by atoms with Crippen LogP contribution in [0.15, 0.2) is 24.3 Å². The van der Waals surface area contributed by atoms with Gasteiger partial charge >= 0.3 is 0 Å². The first-order valence-corrected chi connectivity index (χ1v) is 11.0. The van der Waals surface area contributed by atoms with Crippen molar-refractivity contribution in [3.05, 3.63) is 29.8 Å². The van der Waals surface area contributed by atoms with E-state index in [-0.39, 0.29) is 16.4 Å². The maximum absolute atomic E-state index is 12.2. The van der Waals surface area contributed by atoms with E-state index >= 15 is 0 Å². The molecule has 1 saturated heterocycles. The van der Waals surface area contributed by atoms with Gasteiger partial charge in [0, 0.05) is 13.1 Å². The number of carbonyl (C=O) groups excluding carboxylic acids is 2. The first-order valence-electron chi connectivity index (χ1n) is 10.1. The van der Waals surface area contributed by atoms with Crippen molar-refractivity contribution < 1.29 is 14.3 Å². The molecular weight excluding hydrogens is 360 g/mol. The summed E-state index contributed by atoms with van der Waals surface area (Å²) in [7, 11) is 0. The molecule has 150 valence electrons. The average molecular weight is 393 g/mol. The van der Waals surface area contributed by atoms with E-state index in [1.165, 1.54) is 36.1 Å². The maximum Gasteiger partial charge on any atom is 0.289 e. The topological polar surface area (TPSA) is 72.6 Å². The third-order valence-corrected chi connectivity index (χ3v) is 5.87. The van der Waals surface area contributed by atoms with Crippen LogP contribution in [0.3, 0.4) is 0 Å². The number of aryl methyl sites for hydroxylation is 1. The fourth-order valence-electron chi connectivity index (χ4n) is 3.15. The number of unbranched alkanes of at least 4 members (excludes halogenated alkanes) is 4. The minimum Gasteiger partial charge on any atom is -0.494 e. The Balaban J connectivity index is 1.65. The van der Waals surface area contributed by atoms with E-state index in [4.69, 9.17) is 10.5 Å². The highest BCUT2D eigenvalue weighted by Gasteiger charge is 2.38. The molecule has 0 bridgehead atoms. The maximum atomic E-state index is 12.2. The molecule has 1 unspecified atom stereocenters. The summed E-state index contributed by atoms with van der Waals surface area (Å²) in [5, 5.41) is -0.411. The van der Waals surface area contributed by atoms with E-state index in [0.29, 0.717) is 19.5 Å². The highest BCUT2D eigenvalue weighted by molar-refractivity contribution is 8.15. The molecule has 0 aromatic heterocycles. The first kappa shape index (κ1) is 21.8. The van der Waals surface area contributed by atoms with Crippen molar-refractivity contribution >= 4 is 22.9 Å². The summed E-state index contributed by atoms with van der Waals surface area (Å²) in [5.41, 5.74) is 6.69. The number of hydrogen-bond acceptors (Lipinski definition) is 5. The highest BCUT2D eigenvalue weighted by Crippen LogP contribution is 2.30. The molecule has 27 heavy (non-hydrogen) atoms. The predicted octanol–water partition coefficient (Wildman–Crippen LogP) is 4.38. The molecule has 1 aliphatic heterocycles. The molecule has 1 aliphatic rings. The number of ether oxygens (including phenoxy) is 1. The van der Waals surface area contributed by atoms with Crippen molar-refractivity contribution in [2.45, 2.75) is 63.5 Å². The van der Waals surface area contributed by atoms with E-state index in [0.717, 1.165) is 43.4 Å². The normalized spacial score (nSPS) is 17.0. The zero-order valence-electron chi connectivity index (χ0n) is 16.3. The summed E-state index contributed by atoms with van der Waals surface area (Å²) in [6.45, 7) is 3.63. The van der Waals surface area contributed by atoms with E-state index in [1.807, 2.05) is 12.1 Å². The van der Waals surface area contributed by atoms with Gasteiger partial charge in [0.2, 0.25) is 5.91 Å². The van der Waals surface area contributed by atoms with Crippen LogP contribution >= 0.6 is 11.8 Å². The first-order chi connectivity index (χ1) is 13.2. The summed E-state index contributed by atoms with van der Waals surface area (Å²) >= 11 is 1.14. The van der Waals surface area contributed by atoms with E-state index in [9.17, 15) is 9.59 Å². The number of amides is 2. The van der Waals surface area contributed by atoms with Crippen molar-refractivity contribution in [2.75, 3.05) is 19.7 Å². The second-order valence-corrected chi connectivity index (χ2v) is 8.10. The molecule has 5 nitrogen and oxygen atoms in total. The van der Waals surface area contributed by atoms with Gasteiger partial charge in [-0.15, -0.1) is 0 Å². The standard InChI is InChI=1S/C21H32N2O3S/c1-2-3-4-5-6-16-26-18-12-10-17(11-13-18)8-7-9-19-20(24)23(15-14-22)21(25)27-19/h10-13,19H,2-9,14-16,22H2,1H3. The van der Waals surface area contributed by atoms with Gasteiger partial charge in [0.05, 0.1) is 11.9 Å². The van der Waals surface area contributed by atoms with Gasteiger partial charge in [0.1, 0.15) is 5.75 Å². The van der Waals surface area contributed by atoms with Crippen molar-refractivity contribution in [3.8, 4) is 5.75 Å². The van der Waals surface area contributed by atoms with Gasteiger partial charge in [0.15, 0.2) is 0 Å². The molecule has 0 saturated carbocycles. The molecule has 1 atom stereocenters. The molecule has 2 N–H and O–H groups in total. The lowest BCUT2D eigenvalue weighted by molar-refractivity contribution is -0.126. The Morgan fingerprint density at radius 2 is 1.81 bits per heavy atom. The van der Waals surface area contributed by atoms with Crippen molar-refractivity contribution in [3.63, 3.8) is 0 Å². The summed E-state index contributed by atoms with van der Waals surface area (Å²) in [6, 6.07) is 8.20. The molecule has 0 radical (unpaired) electrons. The van der Waals surface area contributed by atoms with Gasteiger partial charge in [-0.25, -0.2) is 0 Å². The third kappa shape index (κ3) is 7.18. The van der Waals surface area contributed by atoms with Crippen molar-refractivity contribution in [2.24, 2.45) is 5.73 Å². The van der Waals surface area contributed by atoms with Crippen LogP contribution in [0.25, 0.3) is 0 Å². The highest BCUT2D eigenvalue weighted by atomic mass is 32.2. The average Bonchev–Trinajstić information content (AvgIpc) is 2.94. The Bertz CT molecular complexity index is 592. The molecule has 1 heterocycles. The van der Waals surface area contributed by atoms with Gasteiger partial charge in [-0.2, -0.15) is 0 Å². The zero-order valence-corrected chi connectivity index (χ0v) is 17.1. The number of nitrogens with two attached hydrogens (primary N) is 1. The quantitative estimate of drug-likeness (QED) is 0.504. The molecule has 1 fully saturated rings. The number of imide groups is 1. The van der Waals surface area contributed by atoms with Gasteiger partial charge < -0.3 is 10.5 Å². The Labute approximate surface area is 167 Å². The number of benzene rings is 1. The Hall–Kier alpha value is -1.53. The predicted molar refractivity (Wildman–Crippen MR) is 111 cm³/mol. The molecule has 2 amide bonds. The monoisotopic (exact) mass is 392 g/mol. The number of thioether (sulfide) groups is 1. The third-order valence-electron chi connectivity index (χ3n) is 4.73. The van der Waals surface area contributed by atoms with Gasteiger partial charge in [-0.05, 0) is 43.4 Å². The van der Waals surface area contributed by atoms with Crippen LogP contribution in [0, 0.1) is 0 Å². The molecule has 2 rings (SSSR count). The molecular formula is C21H32N2O3S. The fourth-order valence-corrected chi connectivity index (χ4v) is 4.22. The van der Waals surface area contributed by atoms with E-state index in [2.05, 4.69) is 19.1 Å². The second kappa shape index (κ2) is 12.0. The summed E-state index contributed by atoms with van der Waals surface area (Å²) in [4.78, 5) is 25.3. The Morgan fingerprint density at radius 3 is 2.52 bits per heavy atom. The van der Waals surface area contributed by atoms with Crippen LogP contribution in [0.5, 0.6) is 5.75 Å². The Morgan fingerprint density at radius 1 is 1.07 bits per heavy atom. The summed E-state index contributed by atoms with van der Waals surface area (Å²) < 4.78 is 5.79. The van der Waals surface area contributed by atoms with E-state index in [1.54, 1.807) is 0 Å². The smallest absolute Gasteiger partial charge is 0.289 e. The lowest BCUT2D eigenvalue weighted by atomic mass is 10.1. The van der Waals surface area contributed by atoms with Crippen LogP contribution in [0.2, 0.25) is 0 Å². The van der Waals surface area contributed by atoms with Crippen LogP contribution in [-0.4, -0.2) is 41.0 Å². The lowest BCUT2D eigenvalue weighted by Gasteiger charge is -2.12. The summed E-state index contributed by atoms with van der Waals surface area (Å²) in [6.07, 6.45) is 8.68. The lowest BCUT2D eigenvalue weighted by Crippen LogP contribution is -2.35. The van der Waals surface area contributed by atoms with Crippen molar-refractivity contribution in [1.82, 2.24) is 4.90 Å². The van der Waals surface area contributed by atoms with Gasteiger partial charge in [0.25, 0.3) is 5.24 Å². The van der Waals surface area contributed by atoms with Gasteiger partial charge in [-0.3, -0.25) is 14.5 Å². The Kier molecular flexibility index (Phi) is 9.70. The second-order valence-electron chi connectivity index (χ2n) is 6.95. The van der Waals surface area contributed by atoms with Crippen LogP contribution in [0.1, 0.15) is 57.4 Å². The number of hydrogen-bond donors (Lipinski definition) is 1. The number of rotatable bonds is 13. The molecule has 6 heteroatoms. The fraction of sp³-hybridized carbons (Fsp3) is 0.619. The molecule has 0 spiro atoms. The molecule has 0 aliphatic carbocycles. The SMILES string of the molecule is CCCCCCCOc1ccc(CCCC2SC(=O)N(CCN)C2=O)cc1. The van der Waals surface area contributed by atoms with Crippen molar-refractivity contribution in [1.29, 1.82) is 0 Å². The summed E-state index contributed by atoms with van der Waals surface area (Å²) in [5.74, 6) is 0.830. The zero-order chi connectivity index (χ0) is 19.5. The molecule has 1 aromatic carbocycles. The largest absolute Gasteiger partial charge is 0.494 e. The van der Waals surface area contributed by atoms with Crippen LogP contribution in [0.4, 0.5) is 4.79 Å². The van der Waals surface area contributed by atoms with E-state index < -0.39 is 0 Å². The van der Waals surface area contributed by atoms with Gasteiger partial charge in [-0.1, -0.05) is 56.5 Å². The molecule has 1 aromatic rings. The van der Waals surface area contributed by atoms with Crippen LogP contribution < -0.4 is 10.5 Å². The number of nitrogens with zero attached hydrogens (tertiary/aromatic N) is 1. The van der Waals surface area contributed by atoms with Crippen LogP contribution in [-0.2, 0) is 11.2 Å². The minimum absolute atomic E-state index is 0.0851.